The summed E-state index contributed by atoms with van der Waals surface area (Å²) < 4.78 is 0. The normalized spacial score (nSPS) is 10.9. The highest BCUT2D eigenvalue weighted by atomic mass is 127. The lowest BCUT2D eigenvalue weighted by Crippen LogP contribution is -2.10. The molecule has 126 valence electrons. The summed E-state index contributed by atoms with van der Waals surface area (Å²) in [6, 6.07) is 20.3. The summed E-state index contributed by atoms with van der Waals surface area (Å²) in [7, 11) is 4.21. The van der Waals surface area contributed by atoms with Gasteiger partial charge in [-0.15, -0.1) is 24.0 Å². The molecular weight excluding hydrogens is 405 g/mol. The van der Waals surface area contributed by atoms with Crippen molar-refractivity contribution in [2.75, 3.05) is 14.1 Å². The fourth-order valence-corrected chi connectivity index (χ4v) is 3.19. The van der Waals surface area contributed by atoms with E-state index in [0.29, 0.717) is 0 Å². The third-order valence-electron chi connectivity index (χ3n) is 4.42. The minimum Gasteiger partial charge on any atom is -0.305 e. The topological polar surface area (TPSA) is 3.24 Å². The molecule has 0 heterocycles. The fraction of sp³-hybridized carbons (Fsp3) is 0.273. The van der Waals surface area contributed by atoms with E-state index in [4.69, 9.17) is 0 Å². The second-order valence-corrected chi connectivity index (χ2v) is 6.82. The molecule has 0 saturated heterocycles. The molecule has 0 radical (unpaired) electrons. The van der Waals surface area contributed by atoms with Gasteiger partial charge in [0, 0.05) is 6.54 Å². The lowest BCUT2D eigenvalue weighted by molar-refractivity contribution is 0.402. The van der Waals surface area contributed by atoms with E-state index in [1.807, 2.05) is 0 Å². The molecule has 0 N–H and O–H groups in total. The molecule has 0 saturated carbocycles. The van der Waals surface area contributed by atoms with Crippen LogP contribution in [0.1, 0.15) is 27.8 Å². The predicted octanol–water partition coefficient (Wildman–Crippen LogP) is 5.73. The van der Waals surface area contributed by atoms with Gasteiger partial charge in [0.15, 0.2) is 0 Å². The SMILES string of the molecule is Cc1ccc2c(Cc3ccc(CN(C)C)cc3)c(C)ccc2c1.I. The molecule has 0 aromatic heterocycles. The highest BCUT2D eigenvalue weighted by molar-refractivity contribution is 14.0. The van der Waals surface area contributed by atoms with Gasteiger partial charge in [0.05, 0.1) is 0 Å². The molecule has 0 bridgehead atoms. The van der Waals surface area contributed by atoms with E-state index >= 15 is 0 Å². The van der Waals surface area contributed by atoms with Crippen LogP contribution in [0.4, 0.5) is 0 Å². The van der Waals surface area contributed by atoms with Gasteiger partial charge in [-0.05, 0) is 67.4 Å². The summed E-state index contributed by atoms with van der Waals surface area (Å²) in [6.07, 6.45) is 0.995. The molecule has 2 heteroatoms. The van der Waals surface area contributed by atoms with Crippen LogP contribution in [-0.4, -0.2) is 19.0 Å². The first kappa shape index (κ1) is 18.9. The number of aryl methyl sites for hydroxylation is 2. The Hall–Kier alpha value is -1.39. The summed E-state index contributed by atoms with van der Waals surface area (Å²) in [5.41, 5.74) is 6.88. The Labute approximate surface area is 162 Å². The first-order chi connectivity index (χ1) is 11.0. The Balaban J connectivity index is 0.00000208. The number of fused-ring (bicyclic) bond motifs is 1. The van der Waals surface area contributed by atoms with E-state index in [-0.39, 0.29) is 24.0 Å². The Kier molecular flexibility index (Phi) is 6.41. The van der Waals surface area contributed by atoms with Crippen LogP contribution in [0.15, 0.2) is 54.6 Å². The zero-order chi connectivity index (χ0) is 16.4. The van der Waals surface area contributed by atoms with Crippen molar-refractivity contribution >= 4 is 34.7 Å². The Morgan fingerprint density at radius 2 is 1.46 bits per heavy atom. The fourth-order valence-electron chi connectivity index (χ4n) is 3.19. The number of hydrogen-bond acceptors (Lipinski definition) is 1. The number of hydrogen-bond donors (Lipinski definition) is 0. The molecule has 0 aliphatic heterocycles. The van der Waals surface area contributed by atoms with Crippen LogP contribution in [0.3, 0.4) is 0 Å². The standard InChI is InChI=1S/C22H25N.HI/c1-16-5-12-21-20(13-16)11-6-17(2)22(21)14-18-7-9-19(10-8-18)15-23(3)4;/h5-13H,14-15H2,1-4H3;1H. The van der Waals surface area contributed by atoms with Gasteiger partial charge in [-0.2, -0.15) is 0 Å². The summed E-state index contributed by atoms with van der Waals surface area (Å²) >= 11 is 0. The van der Waals surface area contributed by atoms with Crippen LogP contribution < -0.4 is 0 Å². The van der Waals surface area contributed by atoms with Gasteiger partial charge >= 0.3 is 0 Å². The maximum atomic E-state index is 2.28. The quantitative estimate of drug-likeness (QED) is 0.477. The maximum Gasteiger partial charge on any atom is 0.0227 e. The van der Waals surface area contributed by atoms with Crippen molar-refractivity contribution in [1.82, 2.24) is 4.90 Å². The smallest absolute Gasteiger partial charge is 0.0227 e. The maximum absolute atomic E-state index is 2.28. The minimum atomic E-state index is 0. The van der Waals surface area contributed by atoms with E-state index in [0.717, 1.165) is 13.0 Å². The first-order valence-electron chi connectivity index (χ1n) is 8.24. The second kappa shape index (κ2) is 8.13. The zero-order valence-corrected chi connectivity index (χ0v) is 17.3. The average molecular weight is 431 g/mol. The number of halogens is 1. The van der Waals surface area contributed by atoms with Crippen molar-refractivity contribution in [1.29, 1.82) is 0 Å². The molecule has 3 aromatic rings. The Morgan fingerprint density at radius 3 is 2.12 bits per heavy atom. The molecule has 0 amide bonds. The van der Waals surface area contributed by atoms with E-state index in [2.05, 4.69) is 87.4 Å². The second-order valence-electron chi connectivity index (χ2n) is 6.82. The van der Waals surface area contributed by atoms with Crippen LogP contribution in [-0.2, 0) is 13.0 Å². The van der Waals surface area contributed by atoms with Crippen LogP contribution in [0.2, 0.25) is 0 Å². The van der Waals surface area contributed by atoms with Gasteiger partial charge in [0.1, 0.15) is 0 Å². The zero-order valence-electron chi connectivity index (χ0n) is 15.0. The third-order valence-corrected chi connectivity index (χ3v) is 4.42. The van der Waals surface area contributed by atoms with Gasteiger partial charge in [-0.1, -0.05) is 60.2 Å². The van der Waals surface area contributed by atoms with Gasteiger partial charge in [0.25, 0.3) is 0 Å². The van der Waals surface area contributed by atoms with Crippen molar-refractivity contribution in [3.8, 4) is 0 Å². The molecule has 3 aromatic carbocycles. The van der Waals surface area contributed by atoms with Crippen LogP contribution in [0.5, 0.6) is 0 Å². The third kappa shape index (κ3) is 4.37. The van der Waals surface area contributed by atoms with Crippen molar-refractivity contribution in [3.05, 3.63) is 82.4 Å². The number of benzene rings is 3. The molecule has 0 atom stereocenters. The molecule has 3 rings (SSSR count). The van der Waals surface area contributed by atoms with Crippen molar-refractivity contribution in [2.24, 2.45) is 0 Å². The molecule has 0 spiro atoms. The highest BCUT2D eigenvalue weighted by Crippen LogP contribution is 2.26. The molecule has 0 aliphatic rings. The predicted molar refractivity (Wildman–Crippen MR) is 115 cm³/mol. The van der Waals surface area contributed by atoms with E-state index in [1.165, 1.54) is 38.6 Å². The number of rotatable bonds is 4. The van der Waals surface area contributed by atoms with E-state index in [9.17, 15) is 0 Å². The lowest BCUT2D eigenvalue weighted by atomic mass is 9.93. The van der Waals surface area contributed by atoms with Crippen molar-refractivity contribution in [3.63, 3.8) is 0 Å². The molecule has 0 unspecified atom stereocenters. The van der Waals surface area contributed by atoms with Gasteiger partial charge in [-0.3, -0.25) is 0 Å². The van der Waals surface area contributed by atoms with Crippen molar-refractivity contribution < 1.29 is 0 Å². The van der Waals surface area contributed by atoms with E-state index in [1.54, 1.807) is 0 Å². The molecule has 0 fully saturated rings. The largest absolute Gasteiger partial charge is 0.305 e. The number of nitrogens with zero attached hydrogens (tertiary/aromatic N) is 1. The Morgan fingerprint density at radius 1 is 0.792 bits per heavy atom. The van der Waals surface area contributed by atoms with Crippen molar-refractivity contribution in [2.45, 2.75) is 26.8 Å². The summed E-state index contributed by atoms with van der Waals surface area (Å²) in [4.78, 5) is 2.20. The lowest BCUT2D eigenvalue weighted by Gasteiger charge is -2.13. The van der Waals surface area contributed by atoms with Gasteiger partial charge < -0.3 is 4.90 Å². The summed E-state index contributed by atoms with van der Waals surface area (Å²) in [5, 5.41) is 2.72. The molecular formula is C22H26IN. The molecule has 1 nitrogen and oxygen atoms in total. The van der Waals surface area contributed by atoms with Crippen LogP contribution in [0.25, 0.3) is 10.8 Å². The minimum absolute atomic E-state index is 0. The van der Waals surface area contributed by atoms with Crippen LogP contribution >= 0.6 is 24.0 Å². The molecule has 24 heavy (non-hydrogen) atoms. The van der Waals surface area contributed by atoms with Gasteiger partial charge in [-0.25, -0.2) is 0 Å². The van der Waals surface area contributed by atoms with E-state index < -0.39 is 0 Å². The average Bonchev–Trinajstić information content (AvgIpc) is 2.51. The monoisotopic (exact) mass is 431 g/mol. The highest BCUT2D eigenvalue weighted by Gasteiger charge is 2.07. The summed E-state index contributed by atoms with van der Waals surface area (Å²) in [6.45, 7) is 5.37. The van der Waals surface area contributed by atoms with Gasteiger partial charge in [0.2, 0.25) is 0 Å². The first-order valence-corrected chi connectivity index (χ1v) is 8.24. The Bertz CT molecular complexity index is 819. The molecule has 0 aliphatic carbocycles. The summed E-state index contributed by atoms with van der Waals surface area (Å²) in [5.74, 6) is 0. The van der Waals surface area contributed by atoms with Crippen LogP contribution in [0, 0.1) is 13.8 Å².